The number of nitrogens with zero attached hydrogens (tertiary/aromatic N) is 3. The minimum atomic E-state index is -3.57. The molecule has 0 unspecified atom stereocenters. The van der Waals surface area contributed by atoms with Crippen LogP contribution in [0, 0.1) is 0 Å². The van der Waals surface area contributed by atoms with E-state index in [-0.39, 0.29) is 11.5 Å². The lowest BCUT2D eigenvalue weighted by Gasteiger charge is -2.15. The first-order valence-corrected chi connectivity index (χ1v) is 6.69. The van der Waals surface area contributed by atoms with E-state index in [9.17, 15) is 8.78 Å². The Morgan fingerprint density at radius 2 is 2.05 bits per heavy atom. The van der Waals surface area contributed by atoms with E-state index in [1.54, 1.807) is 12.1 Å². The Balaban J connectivity index is 1.67. The lowest BCUT2D eigenvalue weighted by atomic mass is 10.2. The highest BCUT2D eigenvalue weighted by Crippen LogP contribution is 2.41. The Morgan fingerprint density at radius 3 is 2.80 bits per heavy atom. The number of rotatable bonds is 4. The van der Waals surface area contributed by atoms with Gasteiger partial charge >= 0.3 is 6.29 Å². The number of hydrogen-bond acceptors (Lipinski definition) is 6. The molecule has 0 saturated carbocycles. The van der Waals surface area contributed by atoms with E-state index in [0.29, 0.717) is 13.1 Å². The second-order valence-electron chi connectivity index (χ2n) is 4.52. The highest BCUT2D eigenvalue weighted by Gasteiger charge is 2.43. The summed E-state index contributed by atoms with van der Waals surface area (Å²) >= 11 is 1.30. The maximum atomic E-state index is 12.9. The zero-order valence-electron chi connectivity index (χ0n) is 10.5. The van der Waals surface area contributed by atoms with E-state index in [1.807, 2.05) is 17.3 Å². The Kier molecular flexibility index (Phi) is 3.27. The van der Waals surface area contributed by atoms with Gasteiger partial charge in [0.15, 0.2) is 11.5 Å². The van der Waals surface area contributed by atoms with Gasteiger partial charge in [0.25, 0.3) is 0 Å². The van der Waals surface area contributed by atoms with Crippen LogP contribution >= 0.6 is 11.5 Å². The lowest BCUT2D eigenvalue weighted by molar-refractivity contribution is -0.286. The molecule has 0 amide bonds. The van der Waals surface area contributed by atoms with Crippen molar-refractivity contribution in [3.8, 4) is 11.5 Å². The van der Waals surface area contributed by atoms with Gasteiger partial charge in [-0.3, -0.25) is 4.90 Å². The van der Waals surface area contributed by atoms with Crippen molar-refractivity contribution < 1.29 is 18.3 Å². The predicted molar refractivity (Wildman–Crippen MR) is 67.7 cm³/mol. The molecule has 3 rings (SSSR count). The van der Waals surface area contributed by atoms with E-state index in [0.717, 1.165) is 11.3 Å². The lowest BCUT2D eigenvalue weighted by Crippen LogP contribution is -2.25. The summed E-state index contributed by atoms with van der Waals surface area (Å²) in [6, 6.07) is 4.79. The topological polar surface area (TPSA) is 47.5 Å². The van der Waals surface area contributed by atoms with E-state index in [4.69, 9.17) is 0 Å². The maximum absolute atomic E-state index is 12.9. The number of ether oxygens (including phenoxy) is 2. The van der Waals surface area contributed by atoms with Crippen LogP contribution in [-0.4, -0.2) is 27.8 Å². The van der Waals surface area contributed by atoms with E-state index in [2.05, 4.69) is 19.1 Å². The molecule has 0 N–H and O–H groups in total. The summed E-state index contributed by atoms with van der Waals surface area (Å²) in [6.07, 6.45) is -3.57. The largest absolute Gasteiger partial charge is 0.586 e. The summed E-state index contributed by atoms with van der Waals surface area (Å²) in [5.41, 5.74) is 1.74. The minimum Gasteiger partial charge on any atom is -0.395 e. The maximum Gasteiger partial charge on any atom is 0.586 e. The van der Waals surface area contributed by atoms with Gasteiger partial charge in [0.2, 0.25) is 0 Å². The quantitative estimate of drug-likeness (QED) is 0.868. The fraction of sp³-hybridized carbons (Fsp3) is 0.333. The molecule has 0 aliphatic carbocycles. The molecule has 0 bridgehead atoms. The van der Waals surface area contributed by atoms with Crippen molar-refractivity contribution in [2.75, 3.05) is 7.05 Å². The van der Waals surface area contributed by atoms with Gasteiger partial charge in [-0.25, -0.2) is 0 Å². The number of hydrogen-bond donors (Lipinski definition) is 0. The van der Waals surface area contributed by atoms with Crippen molar-refractivity contribution in [1.82, 2.24) is 14.5 Å². The van der Waals surface area contributed by atoms with Crippen LogP contribution in [0.15, 0.2) is 23.6 Å². The van der Waals surface area contributed by atoms with Crippen LogP contribution in [0.2, 0.25) is 0 Å². The summed E-state index contributed by atoms with van der Waals surface area (Å²) < 4.78 is 38.4. The van der Waals surface area contributed by atoms with E-state index >= 15 is 0 Å². The molecule has 0 saturated heterocycles. The third-order valence-corrected chi connectivity index (χ3v) is 3.31. The van der Waals surface area contributed by atoms with Crippen LogP contribution in [0.25, 0.3) is 0 Å². The molecule has 0 atom stereocenters. The Morgan fingerprint density at radius 1 is 1.25 bits per heavy atom. The number of halogens is 2. The van der Waals surface area contributed by atoms with Crippen molar-refractivity contribution in [1.29, 1.82) is 0 Å². The molecule has 0 fully saturated rings. The van der Waals surface area contributed by atoms with Crippen molar-refractivity contribution in [2.24, 2.45) is 0 Å². The molecule has 1 aromatic carbocycles. The van der Waals surface area contributed by atoms with Gasteiger partial charge in [-0.1, -0.05) is 10.6 Å². The first kappa shape index (κ1) is 13.2. The smallest absolute Gasteiger partial charge is 0.395 e. The van der Waals surface area contributed by atoms with Gasteiger partial charge in [0.1, 0.15) is 0 Å². The molecule has 1 aliphatic rings. The van der Waals surface area contributed by atoms with Gasteiger partial charge in [-0.15, -0.1) is 13.9 Å². The van der Waals surface area contributed by atoms with Gasteiger partial charge in [0, 0.05) is 18.5 Å². The highest BCUT2D eigenvalue weighted by atomic mass is 32.1. The first-order valence-electron chi connectivity index (χ1n) is 5.85. The zero-order chi connectivity index (χ0) is 14.2. The molecule has 0 radical (unpaired) electrons. The third kappa shape index (κ3) is 2.86. The molecule has 5 nitrogen and oxygen atoms in total. The number of alkyl halides is 2. The van der Waals surface area contributed by atoms with Crippen LogP contribution in [0.1, 0.15) is 11.3 Å². The summed E-state index contributed by atoms with van der Waals surface area (Å²) in [7, 11) is 1.92. The van der Waals surface area contributed by atoms with Crippen molar-refractivity contribution in [3.05, 3.63) is 34.8 Å². The van der Waals surface area contributed by atoms with Crippen LogP contribution in [0.3, 0.4) is 0 Å². The minimum absolute atomic E-state index is 0.0603. The van der Waals surface area contributed by atoms with Gasteiger partial charge in [-0.2, -0.15) is 0 Å². The predicted octanol–water partition coefficient (Wildman–Crippen LogP) is 2.49. The van der Waals surface area contributed by atoms with E-state index in [1.165, 1.54) is 17.6 Å². The van der Waals surface area contributed by atoms with Crippen molar-refractivity contribution >= 4 is 11.5 Å². The Bertz CT molecular complexity index is 607. The molecule has 1 aliphatic heterocycles. The second kappa shape index (κ2) is 4.95. The second-order valence-corrected chi connectivity index (χ2v) is 5.13. The molecule has 106 valence electrons. The van der Waals surface area contributed by atoms with E-state index < -0.39 is 6.29 Å². The first-order chi connectivity index (χ1) is 9.52. The normalized spacial score (nSPS) is 15.8. The fourth-order valence-electron chi connectivity index (χ4n) is 1.99. The summed E-state index contributed by atoms with van der Waals surface area (Å²) in [5.74, 6) is 0.126. The summed E-state index contributed by atoms with van der Waals surface area (Å²) in [6.45, 7) is 1.22. The average molecular weight is 299 g/mol. The van der Waals surface area contributed by atoms with Crippen LogP contribution < -0.4 is 9.47 Å². The fourth-order valence-corrected chi connectivity index (χ4v) is 2.43. The molecular weight excluding hydrogens is 288 g/mol. The van der Waals surface area contributed by atoms with Crippen molar-refractivity contribution in [3.63, 3.8) is 0 Å². The van der Waals surface area contributed by atoms with Crippen LogP contribution in [-0.2, 0) is 13.1 Å². The van der Waals surface area contributed by atoms with Crippen LogP contribution in [0.5, 0.6) is 11.5 Å². The Labute approximate surface area is 117 Å². The number of fused-ring (bicyclic) bond motifs is 1. The highest BCUT2D eigenvalue weighted by molar-refractivity contribution is 7.03. The standard InChI is InChI=1S/C12H11F2N3O2S/c1-17(6-9-7-20-16-15-9)5-8-2-3-10-11(4-8)19-12(13,14)18-10/h2-4,7H,5-6H2,1H3. The average Bonchev–Trinajstić information content (AvgIpc) is 2.94. The summed E-state index contributed by atoms with van der Waals surface area (Å²) in [4.78, 5) is 2.01. The monoisotopic (exact) mass is 299 g/mol. The molecule has 20 heavy (non-hydrogen) atoms. The number of aromatic nitrogens is 2. The van der Waals surface area contributed by atoms with Gasteiger partial charge in [-0.05, 0) is 36.3 Å². The SMILES string of the molecule is CN(Cc1ccc2c(c1)OC(F)(F)O2)Cc1csnn1. The molecule has 8 heteroatoms. The van der Waals surface area contributed by atoms with Crippen LogP contribution in [0.4, 0.5) is 8.78 Å². The van der Waals surface area contributed by atoms with Gasteiger partial charge in [0.05, 0.1) is 5.69 Å². The molecular formula is C12H11F2N3O2S. The number of benzene rings is 1. The van der Waals surface area contributed by atoms with Gasteiger partial charge < -0.3 is 9.47 Å². The third-order valence-electron chi connectivity index (χ3n) is 2.76. The summed E-state index contributed by atoms with van der Waals surface area (Å²) in [5, 5.41) is 5.83. The zero-order valence-corrected chi connectivity index (χ0v) is 11.4. The molecule has 2 heterocycles. The molecule has 0 spiro atoms. The van der Waals surface area contributed by atoms with Crippen molar-refractivity contribution in [2.45, 2.75) is 19.4 Å². The molecule has 1 aromatic heterocycles. The molecule has 2 aromatic rings. The Hall–Kier alpha value is -1.80.